The Morgan fingerprint density at radius 3 is 2.88 bits per heavy atom. The SMILES string of the molecule is CCc1cc(C(=O)N2CC[C@@H]3[C@@H](CCC(=O)N3CCN)C2)n(C)n1. The molecule has 2 N–H and O–H groups in total. The Kier molecular flexibility index (Phi) is 4.89. The third-order valence-corrected chi connectivity index (χ3v) is 5.31. The van der Waals surface area contributed by atoms with Crippen molar-refractivity contribution in [1.29, 1.82) is 0 Å². The number of fused-ring (bicyclic) bond motifs is 1. The van der Waals surface area contributed by atoms with Crippen molar-refractivity contribution in [3.05, 3.63) is 17.5 Å². The highest BCUT2D eigenvalue weighted by molar-refractivity contribution is 5.92. The van der Waals surface area contributed by atoms with Crippen molar-refractivity contribution in [2.24, 2.45) is 18.7 Å². The van der Waals surface area contributed by atoms with E-state index in [1.165, 1.54) is 0 Å². The number of aryl methyl sites for hydroxylation is 2. The molecule has 24 heavy (non-hydrogen) atoms. The molecule has 3 heterocycles. The van der Waals surface area contributed by atoms with Crippen molar-refractivity contribution < 1.29 is 9.59 Å². The summed E-state index contributed by atoms with van der Waals surface area (Å²) in [6.07, 6.45) is 3.08. The minimum Gasteiger partial charge on any atom is -0.338 e. The molecule has 2 aliphatic rings. The Balaban J connectivity index is 1.71. The van der Waals surface area contributed by atoms with Crippen molar-refractivity contribution in [2.75, 3.05) is 26.2 Å². The van der Waals surface area contributed by atoms with Gasteiger partial charge in [0.2, 0.25) is 5.91 Å². The summed E-state index contributed by atoms with van der Waals surface area (Å²) in [5, 5.41) is 4.38. The summed E-state index contributed by atoms with van der Waals surface area (Å²) in [6, 6.07) is 2.12. The van der Waals surface area contributed by atoms with Gasteiger partial charge in [0, 0.05) is 45.7 Å². The van der Waals surface area contributed by atoms with Crippen LogP contribution >= 0.6 is 0 Å². The van der Waals surface area contributed by atoms with Crippen LogP contribution in [0.4, 0.5) is 0 Å². The maximum atomic E-state index is 12.9. The van der Waals surface area contributed by atoms with E-state index >= 15 is 0 Å². The van der Waals surface area contributed by atoms with E-state index in [1.807, 2.05) is 29.8 Å². The molecule has 0 unspecified atom stereocenters. The lowest BCUT2D eigenvalue weighted by Crippen LogP contribution is -2.57. The van der Waals surface area contributed by atoms with Gasteiger partial charge in [-0.1, -0.05) is 6.92 Å². The van der Waals surface area contributed by atoms with Crippen molar-refractivity contribution >= 4 is 11.8 Å². The lowest BCUT2D eigenvalue weighted by Gasteiger charge is -2.47. The number of hydrogen-bond acceptors (Lipinski definition) is 4. The first-order chi connectivity index (χ1) is 11.5. The zero-order valence-corrected chi connectivity index (χ0v) is 14.6. The van der Waals surface area contributed by atoms with Crippen LogP contribution in [0.5, 0.6) is 0 Å². The normalized spacial score (nSPS) is 24.2. The van der Waals surface area contributed by atoms with Crippen molar-refractivity contribution in [1.82, 2.24) is 19.6 Å². The highest BCUT2D eigenvalue weighted by atomic mass is 16.2. The third-order valence-electron chi connectivity index (χ3n) is 5.31. The smallest absolute Gasteiger partial charge is 0.272 e. The van der Waals surface area contributed by atoms with E-state index in [0.29, 0.717) is 44.2 Å². The molecule has 7 heteroatoms. The van der Waals surface area contributed by atoms with Crippen LogP contribution in [0, 0.1) is 5.92 Å². The molecule has 2 aliphatic heterocycles. The molecule has 0 saturated carbocycles. The standard InChI is InChI=1S/C17H27N5O2/c1-3-13-10-15(20(2)19-13)17(24)21-8-6-14-12(11-21)4-5-16(23)22(14)9-7-18/h10,12,14H,3-9,11,18H2,1-2H3/t12-,14+/m0/s1. The molecule has 1 aromatic rings. The lowest BCUT2D eigenvalue weighted by atomic mass is 9.83. The second-order valence-electron chi connectivity index (χ2n) is 6.78. The number of aromatic nitrogens is 2. The molecule has 0 aromatic carbocycles. The van der Waals surface area contributed by atoms with Crippen LogP contribution in [0.2, 0.25) is 0 Å². The second-order valence-corrected chi connectivity index (χ2v) is 6.78. The van der Waals surface area contributed by atoms with E-state index in [1.54, 1.807) is 4.68 Å². The van der Waals surface area contributed by atoms with Crippen LogP contribution in [0.3, 0.4) is 0 Å². The Labute approximate surface area is 142 Å². The Hall–Kier alpha value is -1.89. The lowest BCUT2D eigenvalue weighted by molar-refractivity contribution is -0.140. The van der Waals surface area contributed by atoms with Gasteiger partial charge in [0.25, 0.3) is 5.91 Å². The van der Waals surface area contributed by atoms with Gasteiger partial charge in [-0.05, 0) is 31.2 Å². The van der Waals surface area contributed by atoms with Gasteiger partial charge in [0.15, 0.2) is 0 Å². The van der Waals surface area contributed by atoms with Gasteiger partial charge >= 0.3 is 0 Å². The van der Waals surface area contributed by atoms with Crippen LogP contribution in [-0.2, 0) is 18.3 Å². The average Bonchev–Trinajstić information content (AvgIpc) is 2.97. The topological polar surface area (TPSA) is 84.5 Å². The van der Waals surface area contributed by atoms with Gasteiger partial charge in [-0.25, -0.2) is 0 Å². The van der Waals surface area contributed by atoms with Gasteiger partial charge < -0.3 is 15.5 Å². The summed E-state index contributed by atoms with van der Waals surface area (Å²) in [4.78, 5) is 28.9. The first-order valence-corrected chi connectivity index (χ1v) is 8.86. The fraction of sp³-hybridized carbons (Fsp3) is 0.706. The van der Waals surface area contributed by atoms with E-state index in [0.717, 1.165) is 25.0 Å². The molecule has 132 valence electrons. The second kappa shape index (κ2) is 6.93. The van der Waals surface area contributed by atoms with Crippen LogP contribution < -0.4 is 5.73 Å². The first kappa shape index (κ1) is 17.0. The highest BCUT2D eigenvalue weighted by Gasteiger charge is 2.40. The van der Waals surface area contributed by atoms with E-state index in [2.05, 4.69) is 5.10 Å². The maximum absolute atomic E-state index is 12.9. The molecule has 1 aromatic heterocycles. The molecular formula is C17H27N5O2. The van der Waals surface area contributed by atoms with Crippen LogP contribution in [0.15, 0.2) is 6.07 Å². The number of hydrogen-bond donors (Lipinski definition) is 1. The van der Waals surface area contributed by atoms with E-state index in [4.69, 9.17) is 5.73 Å². The molecule has 2 saturated heterocycles. The van der Waals surface area contributed by atoms with Gasteiger partial charge in [0.1, 0.15) is 5.69 Å². The molecule has 2 amide bonds. The van der Waals surface area contributed by atoms with Crippen LogP contribution in [0.1, 0.15) is 42.4 Å². The summed E-state index contributed by atoms with van der Waals surface area (Å²) in [5.41, 5.74) is 7.25. The minimum absolute atomic E-state index is 0.0467. The largest absolute Gasteiger partial charge is 0.338 e. The number of amides is 2. The zero-order valence-electron chi connectivity index (χ0n) is 14.6. The van der Waals surface area contributed by atoms with E-state index in [9.17, 15) is 9.59 Å². The summed E-state index contributed by atoms with van der Waals surface area (Å²) < 4.78 is 1.68. The fourth-order valence-corrected chi connectivity index (χ4v) is 4.03. The first-order valence-electron chi connectivity index (χ1n) is 8.86. The van der Waals surface area contributed by atoms with Crippen LogP contribution in [-0.4, -0.2) is 63.6 Å². The maximum Gasteiger partial charge on any atom is 0.272 e. The monoisotopic (exact) mass is 333 g/mol. The number of piperidine rings is 2. The predicted octanol–water partition coefficient (Wildman–Crippen LogP) is 0.394. The number of nitrogens with two attached hydrogens (primary N) is 1. The fourth-order valence-electron chi connectivity index (χ4n) is 4.03. The summed E-state index contributed by atoms with van der Waals surface area (Å²) in [6.45, 7) is 4.54. The molecule has 0 spiro atoms. The molecule has 0 aliphatic carbocycles. The average molecular weight is 333 g/mol. The van der Waals surface area contributed by atoms with Gasteiger partial charge in [-0.2, -0.15) is 5.10 Å². The minimum atomic E-state index is 0.0467. The number of carbonyl (C=O) groups excluding carboxylic acids is 2. The van der Waals surface area contributed by atoms with Crippen molar-refractivity contribution in [2.45, 2.75) is 38.6 Å². The zero-order chi connectivity index (χ0) is 17.3. The molecule has 2 atom stereocenters. The number of carbonyl (C=O) groups is 2. The molecule has 7 nitrogen and oxygen atoms in total. The molecular weight excluding hydrogens is 306 g/mol. The van der Waals surface area contributed by atoms with Gasteiger partial charge in [0.05, 0.1) is 5.69 Å². The van der Waals surface area contributed by atoms with E-state index in [-0.39, 0.29) is 17.9 Å². The number of likely N-dealkylation sites (tertiary alicyclic amines) is 2. The molecule has 2 fully saturated rings. The summed E-state index contributed by atoms with van der Waals surface area (Å²) >= 11 is 0. The third kappa shape index (κ3) is 3.05. The Morgan fingerprint density at radius 1 is 1.42 bits per heavy atom. The molecule has 0 radical (unpaired) electrons. The highest BCUT2D eigenvalue weighted by Crippen LogP contribution is 2.31. The van der Waals surface area contributed by atoms with Crippen molar-refractivity contribution in [3.63, 3.8) is 0 Å². The van der Waals surface area contributed by atoms with E-state index < -0.39 is 0 Å². The Morgan fingerprint density at radius 2 is 2.21 bits per heavy atom. The number of rotatable bonds is 4. The quantitative estimate of drug-likeness (QED) is 0.864. The van der Waals surface area contributed by atoms with Crippen LogP contribution in [0.25, 0.3) is 0 Å². The van der Waals surface area contributed by atoms with Gasteiger partial charge in [-0.15, -0.1) is 0 Å². The number of nitrogens with zero attached hydrogens (tertiary/aromatic N) is 4. The Bertz CT molecular complexity index is 626. The molecule has 0 bridgehead atoms. The molecule has 3 rings (SSSR count). The summed E-state index contributed by atoms with van der Waals surface area (Å²) in [7, 11) is 1.82. The van der Waals surface area contributed by atoms with Crippen molar-refractivity contribution in [3.8, 4) is 0 Å². The summed E-state index contributed by atoms with van der Waals surface area (Å²) in [5.74, 6) is 0.608. The predicted molar refractivity (Wildman–Crippen MR) is 90.4 cm³/mol. The van der Waals surface area contributed by atoms with Gasteiger partial charge in [-0.3, -0.25) is 14.3 Å².